The lowest BCUT2D eigenvalue weighted by atomic mass is 10.2. The van der Waals surface area contributed by atoms with Crippen LogP contribution in [0.15, 0.2) is 35.3 Å². The first kappa shape index (κ1) is 25.1. The van der Waals surface area contributed by atoms with Crippen molar-refractivity contribution in [3.63, 3.8) is 0 Å². The number of nitrogens with one attached hydrogen (secondary N) is 2. The van der Waals surface area contributed by atoms with Crippen LogP contribution in [-0.4, -0.2) is 76.6 Å². The molecule has 160 valence electrons. The number of ether oxygens (including phenoxy) is 2. The first-order chi connectivity index (χ1) is 13.4. The van der Waals surface area contributed by atoms with Crippen molar-refractivity contribution in [1.29, 1.82) is 0 Å². The molecule has 2 rings (SSSR count). The third-order valence-electron chi connectivity index (χ3n) is 4.51. The summed E-state index contributed by atoms with van der Waals surface area (Å²) in [5.74, 6) is 0.913. The fourth-order valence-electron chi connectivity index (χ4n) is 2.94. The molecule has 1 aromatic carbocycles. The highest BCUT2D eigenvalue weighted by molar-refractivity contribution is 14.0. The van der Waals surface area contributed by atoms with Crippen molar-refractivity contribution in [3.05, 3.63) is 35.9 Å². The second-order valence-electron chi connectivity index (χ2n) is 6.70. The molecule has 1 heterocycles. The number of aliphatic imine (C=N–C) groups is 1. The van der Waals surface area contributed by atoms with E-state index in [0.717, 1.165) is 90.9 Å². The van der Waals surface area contributed by atoms with Crippen molar-refractivity contribution >= 4 is 29.9 Å². The lowest BCUT2D eigenvalue weighted by Gasteiger charge is -2.26. The van der Waals surface area contributed by atoms with Gasteiger partial charge in [0.1, 0.15) is 0 Å². The van der Waals surface area contributed by atoms with Crippen molar-refractivity contribution in [2.75, 3.05) is 65.7 Å². The molecule has 0 spiro atoms. The molecule has 0 unspecified atom stereocenters. The molecule has 6 nitrogen and oxygen atoms in total. The largest absolute Gasteiger partial charge is 0.381 e. The van der Waals surface area contributed by atoms with Crippen LogP contribution in [0.2, 0.25) is 0 Å². The number of hydrogen-bond acceptors (Lipinski definition) is 4. The molecule has 7 heteroatoms. The molecule has 0 amide bonds. The Morgan fingerprint density at radius 1 is 1.11 bits per heavy atom. The summed E-state index contributed by atoms with van der Waals surface area (Å²) in [4.78, 5) is 7.08. The Labute approximate surface area is 187 Å². The smallest absolute Gasteiger partial charge is 0.191 e. The average Bonchev–Trinajstić information content (AvgIpc) is 2.71. The minimum Gasteiger partial charge on any atom is -0.381 e. The number of unbranched alkanes of at least 4 members (excludes halogenated alkanes) is 1. The van der Waals surface area contributed by atoms with Gasteiger partial charge in [-0.15, -0.1) is 24.0 Å². The molecule has 2 N–H and O–H groups in total. The predicted octanol–water partition coefficient (Wildman–Crippen LogP) is 2.53. The quantitative estimate of drug-likeness (QED) is 0.198. The summed E-state index contributed by atoms with van der Waals surface area (Å²) in [5, 5.41) is 6.74. The Morgan fingerprint density at radius 3 is 2.64 bits per heavy atom. The van der Waals surface area contributed by atoms with Crippen LogP contribution >= 0.6 is 24.0 Å². The molecule has 0 aliphatic carbocycles. The number of hydrogen-bond donors (Lipinski definition) is 2. The molecule has 0 saturated carbocycles. The van der Waals surface area contributed by atoms with E-state index in [1.54, 1.807) is 0 Å². The number of nitrogens with zero attached hydrogens (tertiary/aromatic N) is 2. The minimum atomic E-state index is 0. The minimum absolute atomic E-state index is 0. The Hall–Kier alpha value is -0.900. The van der Waals surface area contributed by atoms with E-state index in [2.05, 4.69) is 51.7 Å². The predicted molar refractivity (Wildman–Crippen MR) is 127 cm³/mol. The maximum Gasteiger partial charge on any atom is 0.191 e. The lowest BCUT2D eigenvalue weighted by molar-refractivity contribution is 0.0389. The van der Waals surface area contributed by atoms with Gasteiger partial charge < -0.3 is 20.1 Å². The fraction of sp³-hybridized carbons (Fsp3) is 0.667. The second-order valence-corrected chi connectivity index (χ2v) is 6.70. The Kier molecular flexibility index (Phi) is 15.3. The van der Waals surface area contributed by atoms with Gasteiger partial charge in [0.15, 0.2) is 5.96 Å². The molecule has 28 heavy (non-hydrogen) atoms. The fourth-order valence-corrected chi connectivity index (χ4v) is 2.94. The van der Waals surface area contributed by atoms with E-state index in [-0.39, 0.29) is 24.0 Å². The van der Waals surface area contributed by atoms with E-state index in [0.29, 0.717) is 0 Å². The Bertz CT molecular complexity index is 510. The van der Waals surface area contributed by atoms with Crippen molar-refractivity contribution < 1.29 is 9.47 Å². The van der Waals surface area contributed by atoms with Crippen molar-refractivity contribution in [1.82, 2.24) is 15.5 Å². The summed E-state index contributed by atoms with van der Waals surface area (Å²) in [6, 6.07) is 10.5. The zero-order valence-corrected chi connectivity index (χ0v) is 19.5. The van der Waals surface area contributed by atoms with Gasteiger partial charge in [-0.25, -0.2) is 0 Å². The van der Waals surface area contributed by atoms with E-state index in [1.165, 1.54) is 5.56 Å². The first-order valence-corrected chi connectivity index (χ1v) is 10.3. The van der Waals surface area contributed by atoms with Crippen LogP contribution in [-0.2, 0) is 15.9 Å². The summed E-state index contributed by atoms with van der Waals surface area (Å²) >= 11 is 0. The summed E-state index contributed by atoms with van der Waals surface area (Å²) in [7, 11) is 0. The molecule has 1 saturated heterocycles. The van der Waals surface area contributed by atoms with Gasteiger partial charge in [-0.3, -0.25) is 9.89 Å². The third-order valence-corrected chi connectivity index (χ3v) is 4.51. The van der Waals surface area contributed by atoms with Crippen LogP contribution in [0, 0.1) is 0 Å². The molecule has 1 fully saturated rings. The Balaban J connectivity index is 0.00000392. The number of rotatable bonds is 12. The maximum atomic E-state index is 5.73. The molecule has 1 aliphatic rings. The monoisotopic (exact) mass is 504 g/mol. The number of benzene rings is 1. The van der Waals surface area contributed by atoms with Gasteiger partial charge in [0, 0.05) is 45.9 Å². The number of guanidine groups is 1. The summed E-state index contributed by atoms with van der Waals surface area (Å²) in [5.41, 5.74) is 1.33. The summed E-state index contributed by atoms with van der Waals surface area (Å²) in [6.45, 7) is 11.1. The van der Waals surface area contributed by atoms with Gasteiger partial charge >= 0.3 is 0 Å². The zero-order chi connectivity index (χ0) is 19.0. The molecule has 0 radical (unpaired) electrons. The van der Waals surface area contributed by atoms with Gasteiger partial charge in [-0.05, 0) is 31.7 Å². The molecular weight excluding hydrogens is 467 g/mol. The van der Waals surface area contributed by atoms with Crippen molar-refractivity contribution in [2.24, 2.45) is 4.99 Å². The molecular formula is C21H37IN4O2. The van der Waals surface area contributed by atoms with Crippen LogP contribution in [0.1, 0.15) is 25.3 Å². The van der Waals surface area contributed by atoms with Crippen molar-refractivity contribution in [2.45, 2.75) is 26.2 Å². The van der Waals surface area contributed by atoms with Gasteiger partial charge in [0.05, 0.1) is 19.8 Å². The van der Waals surface area contributed by atoms with Crippen LogP contribution in [0.25, 0.3) is 0 Å². The third kappa shape index (κ3) is 11.8. The standard InChI is InChI=1S/C21H36N4O2.HI/c1-2-22-21(24-12-13-25-14-18-27-19-15-25)23-11-6-7-16-26-17-10-20-8-4-3-5-9-20;/h3-5,8-9H,2,6-7,10-19H2,1H3,(H2,22,23,24);1H. The van der Waals surface area contributed by atoms with E-state index in [1.807, 2.05) is 6.07 Å². The molecule has 1 aromatic rings. The molecule has 0 aromatic heterocycles. The summed E-state index contributed by atoms with van der Waals surface area (Å²) < 4.78 is 11.1. The molecule has 1 aliphatic heterocycles. The van der Waals surface area contributed by atoms with E-state index >= 15 is 0 Å². The first-order valence-electron chi connectivity index (χ1n) is 10.3. The highest BCUT2D eigenvalue weighted by Gasteiger charge is 2.09. The van der Waals surface area contributed by atoms with E-state index in [9.17, 15) is 0 Å². The molecule has 0 bridgehead atoms. The van der Waals surface area contributed by atoms with Crippen molar-refractivity contribution in [3.8, 4) is 0 Å². The zero-order valence-electron chi connectivity index (χ0n) is 17.2. The van der Waals surface area contributed by atoms with Crippen LogP contribution < -0.4 is 10.6 Å². The van der Waals surface area contributed by atoms with Gasteiger partial charge in [-0.1, -0.05) is 30.3 Å². The van der Waals surface area contributed by atoms with Gasteiger partial charge in [0.2, 0.25) is 0 Å². The van der Waals surface area contributed by atoms with Crippen LogP contribution in [0.4, 0.5) is 0 Å². The van der Waals surface area contributed by atoms with E-state index < -0.39 is 0 Å². The number of morpholine rings is 1. The topological polar surface area (TPSA) is 58.1 Å². The van der Waals surface area contributed by atoms with Gasteiger partial charge in [0.25, 0.3) is 0 Å². The van der Waals surface area contributed by atoms with E-state index in [4.69, 9.17) is 9.47 Å². The van der Waals surface area contributed by atoms with Crippen LogP contribution in [0.3, 0.4) is 0 Å². The second kappa shape index (κ2) is 17.0. The normalized spacial score (nSPS) is 15.1. The van der Waals surface area contributed by atoms with Gasteiger partial charge in [-0.2, -0.15) is 0 Å². The highest BCUT2D eigenvalue weighted by atomic mass is 127. The highest BCUT2D eigenvalue weighted by Crippen LogP contribution is 2.00. The summed E-state index contributed by atoms with van der Waals surface area (Å²) in [6.07, 6.45) is 3.08. The molecule has 0 atom stereocenters. The average molecular weight is 504 g/mol. The SMILES string of the molecule is CCNC(=NCCCCOCCc1ccccc1)NCCN1CCOCC1.I. The van der Waals surface area contributed by atoms with Crippen LogP contribution in [0.5, 0.6) is 0 Å². The Morgan fingerprint density at radius 2 is 1.89 bits per heavy atom. The number of halogens is 1. The lowest BCUT2D eigenvalue weighted by Crippen LogP contribution is -2.44. The maximum absolute atomic E-state index is 5.73.